The van der Waals surface area contributed by atoms with Gasteiger partial charge in [-0.15, -0.1) is 0 Å². The molecule has 0 aliphatic rings. The second-order valence-corrected chi connectivity index (χ2v) is 13.9. The highest BCUT2D eigenvalue weighted by Crippen LogP contribution is 2.23. The zero-order valence-electron chi connectivity index (χ0n) is 26.5. The van der Waals surface area contributed by atoms with E-state index < -0.39 is 51.9 Å². The molecule has 0 fully saturated rings. The summed E-state index contributed by atoms with van der Waals surface area (Å²) in [5.41, 5.74) is 1.50. The predicted octanol–water partition coefficient (Wildman–Crippen LogP) is 3.16. The number of benzene rings is 3. The lowest BCUT2D eigenvalue weighted by Gasteiger charge is -2.24. The Kier molecular flexibility index (Phi) is 11.6. The number of nitrogens with zero attached hydrogens (tertiary/aromatic N) is 2. The molecule has 0 saturated heterocycles. The van der Waals surface area contributed by atoms with Gasteiger partial charge in [0, 0.05) is 18.2 Å². The molecule has 4 rings (SSSR count). The van der Waals surface area contributed by atoms with Crippen LogP contribution < -0.4 is 20.3 Å². The van der Waals surface area contributed by atoms with Crippen molar-refractivity contribution in [1.82, 2.24) is 15.6 Å². The maximum atomic E-state index is 13.8. The lowest BCUT2D eigenvalue weighted by molar-refractivity contribution is -0.125. The number of carbonyl (C=O) groups is 4. The minimum absolute atomic E-state index is 0.0130. The zero-order chi connectivity index (χ0) is 35.0. The van der Waals surface area contributed by atoms with Crippen LogP contribution in [-0.2, 0) is 26.0 Å². The molecule has 0 saturated carbocycles. The number of carbonyl (C=O) groups excluding carboxylic acids is 4. The Bertz CT molecular complexity index is 1880. The number of anilines is 2. The number of aromatic nitrogens is 1. The van der Waals surface area contributed by atoms with Crippen molar-refractivity contribution < 1.29 is 37.4 Å². The van der Waals surface area contributed by atoms with Gasteiger partial charge in [0.25, 0.3) is 17.7 Å². The van der Waals surface area contributed by atoms with Crippen molar-refractivity contribution in [3.8, 4) is 0 Å². The van der Waals surface area contributed by atoms with Gasteiger partial charge in [-0.25, -0.2) is 18.2 Å². The van der Waals surface area contributed by atoms with E-state index in [2.05, 4.69) is 25.7 Å². The van der Waals surface area contributed by atoms with Crippen LogP contribution in [0.4, 0.5) is 10.8 Å². The van der Waals surface area contributed by atoms with Gasteiger partial charge in [0.2, 0.25) is 10.0 Å². The Morgan fingerprint density at radius 1 is 0.938 bits per heavy atom. The van der Waals surface area contributed by atoms with E-state index in [9.17, 15) is 32.7 Å². The number of hydrogen-bond acceptors (Lipinski definition) is 10. The van der Waals surface area contributed by atoms with Gasteiger partial charge in [0.05, 0.1) is 37.3 Å². The number of aliphatic hydroxyl groups is 1. The van der Waals surface area contributed by atoms with Crippen molar-refractivity contribution in [2.45, 2.75) is 31.5 Å². The van der Waals surface area contributed by atoms with E-state index in [4.69, 9.17) is 0 Å². The number of aliphatic hydroxyl groups excluding tert-OH is 1. The maximum absolute atomic E-state index is 13.8. The van der Waals surface area contributed by atoms with Crippen LogP contribution in [0.3, 0.4) is 0 Å². The summed E-state index contributed by atoms with van der Waals surface area (Å²) in [6, 6.07) is 20.4. The third kappa shape index (κ3) is 9.24. The Morgan fingerprint density at radius 3 is 2.10 bits per heavy atom. The SMILES string of the molecule is COC(=O)c1cnc(NC(=O)[C@H](O)[C@H](Cc2ccccc2)NC(=O)c2cc(C(=O)N[C@H](C)c3ccccc3)cc(N(C)S(C)(=O)=O)c2)s1. The number of amides is 3. The number of hydrogen-bond donors (Lipinski definition) is 4. The molecule has 1 aromatic heterocycles. The molecule has 1 heterocycles. The average molecular weight is 694 g/mol. The molecule has 0 unspecified atom stereocenters. The Morgan fingerprint density at radius 2 is 1.52 bits per heavy atom. The summed E-state index contributed by atoms with van der Waals surface area (Å²) in [6.45, 7) is 1.79. The summed E-state index contributed by atoms with van der Waals surface area (Å²) in [4.78, 5) is 56.2. The van der Waals surface area contributed by atoms with Gasteiger partial charge >= 0.3 is 5.97 Å². The lowest BCUT2D eigenvalue weighted by atomic mass is 9.99. The topological polar surface area (TPSA) is 184 Å². The molecule has 4 N–H and O–H groups in total. The molecule has 3 amide bonds. The fourth-order valence-electron chi connectivity index (χ4n) is 4.60. The number of methoxy groups -OCH3 is 1. The quantitative estimate of drug-likeness (QED) is 0.153. The van der Waals surface area contributed by atoms with E-state index in [0.717, 1.165) is 27.5 Å². The number of esters is 1. The summed E-state index contributed by atoms with van der Waals surface area (Å²) in [5, 5.41) is 19.2. The first kappa shape index (κ1) is 35.7. The number of sulfonamides is 1. The monoisotopic (exact) mass is 693 g/mol. The van der Waals surface area contributed by atoms with Crippen LogP contribution in [0, 0.1) is 0 Å². The van der Waals surface area contributed by atoms with E-state index in [1.165, 1.54) is 38.6 Å². The average Bonchev–Trinajstić information content (AvgIpc) is 3.55. The van der Waals surface area contributed by atoms with Gasteiger partial charge < -0.3 is 20.5 Å². The van der Waals surface area contributed by atoms with Crippen molar-refractivity contribution >= 4 is 55.9 Å². The Labute approximate surface area is 282 Å². The van der Waals surface area contributed by atoms with Crippen molar-refractivity contribution in [3.63, 3.8) is 0 Å². The van der Waals surface area contributed by atoms with Crippen LogP contribution in [0.25, 0.3) is 0 Å². The van der Waals surface area contributed by atoms with Crippen LogP contribution in [0.5, 0.6) is 0 Å². The van der Waals surface area contributed by atoms with Gasteiger partial charge in [-0.2, -0.15) is 0 Å². The number of rotatable bonds is 13. The highest BCUT2D eigenvalue weighted by molar-refractivity contribution is 7.92. The molecule has 0 spiro atoms. The minimum atomic E-state index is -3.79. The molecule has 48 heavy (non-hydrogen) atoms. The van der Waals surface area contributed by atoms with Crippen molar-refractivity contribution in [2.75, 3.05) is 30.0 Å². The van der Waals surface area contributed by atoms with Gasteiger partial charge in [0.1, 0.15) is 4.88 Å². The summed E-state index contributed by atoms with van der Waals surface area (Å²) < 4.78 is 30.4. The standard InChI is InChI=1S/C33H35N5O8S2/c1-20(22-13-9-6-10-14-22)35-29(40)23-16-24(18-25(17-23)38(2)48(4,44)45)30(41)36-26(15-21-11-7-5-8-12-21)28(39)31(42)37-33-34-19-27(47-33)32(43)46-3/h5-14,16-20,26,28,39H,15H2,1-4H3,(H,35,40)(H,36,41)(H,34,37,42)/t20-,26+,28-/m1/s1. The summed E-state index contributed by atoms with van der Waals surface area (Å²) in [5.74, 6) is -2.88. The highest BCUT2D eigenvalue weighted by atomic mass is 32.2. The van der Waals surface area contributed by atoms with Gasteiger partial charge in [-0.3, -0.25) is 24.0 Å². The third-order valence-electron chi connectivity index (χ3n) is 7.34. The van der Waals surface area contributed by atoms with Crippen molar-refractivity contribution in [3.05, 3.63) is 112 Å². The fraction of sp³-hybridized carbons (Fsp3) is 0.242. The first-order valence-electron chi connectivity index (χ1n) is 14.6. The Hall–Kier alpha value is -5.12. The van der Waals surface area contributed by atoms with Crippen LogP contribution >= 0.6 is 11.3 Å². The molecule has 3 aromatic carbocycles. The first-order chi connectivity index (χ1) is 22.8. The van der Waals surface area contributed by atoms with E-state index in [1.807, 2.05) is 30.3 Å². The van der Waals surface area contributed by atoms with Gasteiger partial charge in [-0.1, -0.05) is 72.0 Å². The molecular formula is C33H35N5O8S2. The van der Waals surface area contributed by atoms with E-state index in [-0.39, 0.29) is 33.2 Å². The highest BCUT2D eigenvalue weighted by Gasteiger charge is 2.30. The molecule has 0 radical (unpaired) electrons. The number of ether oxygens (including phenoxy) is 1. The fourth-order valence-corrected chi connectivity index (χ4v) is 5.83. The molecule has 13 nitrogen and oxygen atoms in total. The molecule has 15 heteroatoms. The number of nitrogens with one attached hydrogen (secondary N) is 3. The van der Waals surface area contributed by atoms with Crippen molar-refractivity contribution in [1.29, 1.82) is 0 Å². The molecule has 0 bridgehead atoms. The Balaban J connectivity index is 1.63. The predicted molar refractivity (Wildman–Crippen MR) is 182 cm³/mol. The van der Waals surface area contributed by atoms with E-state index >= 15 is 0 Å². The minimum Gasteiger partial charge on any atom is -0.465 e. The molecular weight excluding hydrogens is 659 g/mol. The smallest absolute Gasteiger partial charge is 0.349 e. The van der Waals surface area contributed by atoms with Crippen molar-refractivity contribution in [2.24, 2.45) is 0 Å². The summed E-state index contributed by atoms with van der Waals surface area (Å²) >= 11 is 0.843. The zero-order valence-corrected chi connectivity index (χ0v) is 28.2. The molecule has 0 aliphatic carbocycles. The summed E-state index contributed by atoms with van der Waals surface area (Å²) in [7, 11) is -1.29. The van der Waals surface area contributed by atoms with Crippen LogP contribution in [0.2, 0.25) is 0 Å². The van der Waals surface area contributed by atoms with Crippen LogP contribution in [0.1, 0.15) is 54.5 Å². The first-order valence-corrected chi connectivity index (χ1v) is 17.3. The van der Waals surface area contributed by atoms with E-state index in [1.54, 1.807) is 37.3 Å². The van der Waals surface area contributed by atoms with E-state index in [0.29, 0.717) is 5.56 Å². The molecule has 4 aromatic rings. The molecule has 252 valence electrons. The molecule has 0 aliphatic heterocycles. The van der Waals surface area contributed by atoms with Crippen LogP contribution in [0.15, 0.2) is 85.1 Å². The number of thiazole rings is 1. The third-order valence-corrected chi connectivity index (χ3v) is 9.44. The molecule has 3 atom stereocenters. The van der Waals surface area contributed by atoms with Crippen LogP contribution in [-0.4, -0.2) is 74.8 Å². The normalized spacial score (nSPS) is 13.0. The lowest BCUT2D eigenvalue weighted by Crippen LogP contribution is -2.50. The van der Waals surface area contributed by atoms with Gasteiger partial charge in [-0.05, 0) is 42.7 Å². The van der Waals surface area contributed by atoms with Gasteiger partial charge in [0.15, 0.2) is 11.2 Å². The maximum Gasteiger partial charge on any atom is 0.349 e. The second-order valence-electron chi connectivity index (χ2n) is 10.8. The second kappa shape index (κ2) is 15.6. The summed E-state index contributed by atoms with van der Waals surface area (Å²) in [6.07, 6.45) is 0.433. The largest absolute Gasteiger partial charge is 0.465 e.